The molecule has 2 aliphatic heterocycles. The molecule has 4 rings (SSSR count). The Balaban J connectivity index is 1.61. The topological polar surface area (TPSA) is 39.1 Å². The first-order valence-corrected chi connectivity index (χ1v) is 7.30. The lowest BCUT2D eigenvalue weighted by Crippen LogP contribution is -2.25. The minimum absolute atomic E-state index is 0.444. The monoisotopic (exact) mass is 247 g/mol. The van der Waals surface area contributed by atoms with Crippen LogP contribution in [-0.4, -0.2) is 28.8 Å². The van der Waals surface area contributed by atoms with Crippen LogP contribution < -0.4 is 5.32 Å². The molecule has 1 aliphatic carbocycles. The molecule has 3 atom stereocenters. The molecule has 3 fully saturated rings. The number of imidazole rings is 1. The van der Waals surface area contributed by atoms with Crippen LogP contribution in [0.2, 0.25) is 0 Å². The zero-order chi connectivity index (χ0) is 11.9. The van der Waals surface area contributed by atoms with Gasteiger partial charge in [0.2, 0.25) is 0 Å². The normalized spacial score (nSPS) is 36.3. The number of hydrogen-bond acceptors (Lipinski definition) is 3. The third kappa shape index (κ3) is 1.79. The van der Waals surface area contributed by atoms with Crippen molar-refractivity contribution in [3.8, 4) is 0 Å². The molecule has 1 aromatic heterocycles. The van der Waals surface area contributed by atoms with E-state index in [4.69, 9.17) is 4.74 Å². The second-order valence-electron chi connectivity index (χ2n) is 5.90. The molecular weight excluding hydrogens is 226 g/mol. The van der Waals surface area contributed by atoms with Crippen molar-refractivity contribution in [3.63, 3.8) is 0 Å². The molecule has 1 N–H and O–H groups in total. The van der Waals surface area contributed by atoms with E-state index in [2.05, 4.69) is 14.9 Å². The smallest absolute Gasteiger partial charge is 0.0952 e. The minimum Gasteiger partial charge on any atom is -0.376 e. The highest BCUT2D eigenvalue weighted by Gasteiger charge is 2.42. The van der Waals surface area contributed by atoms with Crippen LogP contribution in [0, 0.1) is 5.92 Å². The Kier molecular flexibility index (Phi) is 2.66. The van der Waals surface area contributed by atoms with Gasteiger partial charge in [-0.2, -0.15) is 0 Å². The molecule has 1 saturated carbocycles. The average Bonchev–Trinajstić information content (AvgIpc) is 2.90. The first-order valence-electron chi connectivity index (χ1n) is 7.30. The molecular formula is C14H21N3O. The Hall–Kier alpha value is -0.870. The highest BCUT2D eigenvalue weighted by Crippen LogP contribution is 2.44. The average molecular weight is 247 g/mol. The first kappa shape index (κ1) is 11.0. The second-order valence-corrected chi connectivity index (χ2v) is 5.90. The standard InChI is InChI=1S/C14H21N3O/c1-2-11(16-6-1)13-8-15-9-17(13)12-5-7-18-14(12)10-3-4-10/h8-12,14,16H,1-7H2/t11-,12?,14?/m0/s1. The van der Waals surface area contributed by atoms with Crippen LogP contribution in [0.1, 0.15) is 49.9 Å². The van der Waals surface area contributed by atoms with Crippen LogP contribution in [0.4, 0.5) is 0 Å². The van der Waals surface area contributed by atoms with Crippen LogP contribution in [0.3, 0.4) is 0 Å². The van der Waals surface area contributed by atoms with Crippen molar-refractivity contribution in [1.82, 2.24) is 14.9 Å². The Morgan fingerprint density at radius 2 is 2.22 bits per heavy atom. The van der Waals surface area contributed by atoms with Crippen LogP contribution in [0.15, 0.2) is 12.5 Å². The number of hydrogen-bond donors (Lipinski definition) is 1. The van der Waals surface area contributed by atoms with Gasteiger partial charge in [0, 0.05) is 18.8 Å². The zero-order valence-electron chi connectivity index (χ0n) is 10.7. The maximum atomic E-state index is 5.96. The van der Waals surface area contributed by atoms with Gasteiger partial charge >= 0.3 is 0 Å². The lowest BCUT2D eigenvalue weighted by atomic mass is 10.0. The maximum absolute atomic E-state index is 5.96. The van der Waals surface area contributed by atoms with Gasteiger partial charge in [-0.15, -0.1) is 0 Å². The Morgan fingerprint density at radius 3 is 3.00 bits per heavy atom. The van der Waals surface area contributed by atoms with Crippen molar-refractivity contribution in [2.75, 3.05) is 13.2 Å². The summed E-state index contributed by atoms with van der Waals surface area (Å²) in [6.45, 7) is 2.06. The minimum atomic E-state index is 0.444. The van der Waals surface area contributed by atoms with Crippen LogP contribution >= 0.6 is 0 Å². The molecule has 3 aliphatic rings. The fraction of sp³-hybridized carbons (Fsp3) is 0.786. The van der Waals surface area contributed by atoms with E-state index in [1.54, 1.807) is 0 Å². The van der Waals surface area contributed by atoms with Crippen LogP contribution in [0.25, 0.3) is 0 Å². The summed E-state index contributed by atoms with van der Waals surface area (Å²) in [6.07, 6.45) is 10.9. The summed E-state index contributed by atoms with van der Waals surface area (Å²) in [4.78, 5) is 4.39. The first-order chi connectivity index (χ1) is 8.93. The van der Waals surface area contributed by atoms with Gasteiger partial charge in [0.15, 0.2) is 0 Å². The van der Waals surface area contributed by atoms with E-state index < -0.39 is 0 Å². The molecule has 2 saturated heterocycles. The summed E-state index contributed by atoms with van der Waals surface area (Å²) in [6, 6.07) is 1.03. The van der Waals surface area contributed by atoms with Gasteiger partial charge in [-0.3, -0.25) is 0 Å². The van der Waals surface area contributed by atoms with E-state index in [-0.39, 0.29) is 0 Å². The second kappa shape index (κ2) is 4.35. The molecule has 98 valence electrons. The molecule has 0 aromatic carbocycles. The predicted octanol–water partition coefficient (Wildman–Crippen LogP) is 2.05. The summed E-state index contributed by atoms with van der Waals surface area (Å²) >= 11 is 0. The molecule has 0 amide bonds. The van der Waals surface area contributed by atoms with Crippen LogP contribution in [0.5, 0.6) is 0 Å². The van der Waals surface area contributed by atoms with Crippen molar-refractivity contribution in [2.45, 2.75) is 50.3 Å². The molecule has 3 heterocycles. The number of aromatic nitrogens is 2. The van der Waals surface area contributed by atoms with Crippen LogP contribution in [-0.2, 0) is 4.74 Å². The lowest BCUT2D eigenvalue weighted by Gasteiger charge is -2.23. The van der Waals surface area contributed by atoms with Gasteiger partial charge in [-0.05, 0) is 44.6 Å². The summed E-state index contributed by atoms with van der Waals surface area (Å²) in [5.41, 5.74) is 1.37. The highest BCUT2D eigenvalue weighted by molar-refractivity contribution is 5.10. The quantitative estimate of drug-likeness (QED) is 0.888. The van der Waals surface area contributed by atoms with E-state index in [0.29, 0.717) is 18.2 Å². The molecule has 1 aromatic rings. The Bertz CT molecular complexity index is 420. The molecule has 0 radical (unpaired) electrons. The fourth-order valence-electron chi connectivity index (χ4n) is 3.57. The van der Waals surface area contributed by atoms with Crippen molar-refractivity contribution in [2.24, 2.45) is 5.92 Å². The summed E-state index contributed by atoms with van der Waals surface area (Å²) < 4.78 is 8.36. The largest absolute Gasteiger partial charge is 0.376 e. The van der Waals surface area contributed by atoms with E-state index in [1.165, 1.54) is 31.4 Å². The molecule has 4 heteroatoms. The van der Waals surface area contributed by atoms with Gasteiger partial charge < -0.3 is 14.6 Å². The number of nitrogens with zero attached hydrogens (tertiary/aromatic N) is 2. The zero-order valence-corrected chi connectivity index (χ0v) is 10.7. The van der Waals surface area contributed by atoms with E-state index in [9.17, 15) is 0 Å². The predicted molar refractivity (Wildman–Crippen MR) is 68.3 cm³/mol. The van der Waals surface area contributed by atoms with Gasteiger partial charge in [0.05, 0.1) is 24.2 Å². The fourth-order valence-corrected chi connectivity index (χ4v) is 3.57. The Morgan fingerprint density at radius 1 is 1.28 bits per heavy atom. The van der Waals surface area contributed by atoms with Crippen molar-refractivity contribution in [3.05, 3.63) is 18.2 Å². The van der Waals surface area contributed by atoms with E-state index in [0.717, 1.165) is 25.5 Å². The number of ether oxygens (including phenoxy) is 1. The van der Waals surface area contributed by atoms with Crippen molar-refractivity contribution < 1.29 is 4.74 Å². The number of rotatable bonds is 3. The van der Waals surface area contributed by atoms with Gasteiger partial charge in [0.25, 0.3) is 0 Å². The molecule has 0 spiro atoms. The highest BCUT2D eigenvalue weighted by atomic mass is 16.5. The molecule has 0 bridgehead atoms. The summed E-state index contributed by atoms with van der Waals surface area (Å²) in [5.74, 6) is 0.810. The lowest BCUT2D eigenvalue weighted by molar-refractivity contribution is 0.0743. The number of nitrogens with one attached hydrogen (secondary N) is 1. The summed E-state index contributed by atoms with van der Waals surface area (Å²) in [7, 11) is 0. The molecule has 2 unspecified atom stereocenters. The van der Waals surface area contributed by atoms with E-state index in [1.807, 2.05) is 12.5 Å². The molecule has 18 heavy (non-hydrogen) atoms. The SMILES string of the molecule is c1ncn(C2CCOC2C2CC2)c1[C@@H]1CCCN1. The van der Waals surface area contributed by atoms with Crippen molar-refractivity contribution >= 4 is 0 Å². The van der Waals surface area contributed by atoms with Gasteiger partial charge in [-0.1, -0.05) is 0 Å². The maximum Gasteiger partial charge on any atom is 0.0952 e. The third-order valence-corrected chi connectivity index (χ3v) is 4.66. The van der Waals surface area contributed by atoms with Gasteiger partial charge in [-0.25, -0.2) is 4.98 Å². The molecule has 4 nitrogen and oxygen atoms in total. The van der Waals surface area contributed by atoms with Crippen molar-refractivity contribution in [1.29, 1.82) is 0 Å². The Labute approximate surface area is 108 Å². The van der Waals surface area contributed by atoms with E-state index >= 15 is 0 Å². The third-order valence-electron chi connectivity index (χ3n) is 4.66. The summed E-state index contributed by atoms with van der Waals surface area (Å²) in [5, 5.41) is 3.58. The van der Waals surface area contributed by atoms with Gasteiger partial charge in [0.1, 0.15) is 0 Å².